The molecule has 6 nitrogen and oxygen atoms in total. The summed E-state index contributed by atoms with van der Waals surface area (Å²) >= 11 is 0. The van der Waals surface area contributed by atoms with Crippen LogP contribution in [0, 0.1) is 0 Å². The summed E-state index contributed by atoms with van der Waals surface area (Å²) in [5.41, 5.74) is 4.02. The number of aromatic carboxylic acids is 1. The van der Waals surface area contributed by atoms with Gasteiger partial charge >= 0.3 is 5.97 Å². The zero-order valence-electron chi connectivity index (χ0n) is 14.7. The largest absolute Gasteiger partial charge is 0.478 e. The molecule has 26 heavy (non-hydrogen) atoms. The SMILES string of the molecule is CC1CCCN1Cc1nc2ccc(Nc3ccc(C(=O)O)cc3)cc2[nH]1. The average Bonchev–Trinajstić information content (AvgIpc) is 3.21. The van der Waals surface area contributed by atoms with Crippen LogP contribution in [0.4, 0.5) is 11.4 Å². The lowest BCUT2D eigenvalue weighted by Gasteiger charge is -2.19. The molecule has 0 bridgehead atoms. The first-order valence-corrected chi connectivity index (χ1v) is 8.91. The lowest BCUT2D eigenvalue weighted by molar-refractivity contribution is 0.0697. The van der Waals surface area contributed by atoms with Crippen LogP contribution in [0.5, 0.6) is 0 Å². The lowest BCUT2D eigenvalue weighted by Crippen LogP contribution is -2.26. The second-order valence-electron chi connectivity index (χ2n) is 6.88. The van der Waals surface area contributed by atoms with Crippen LogP contribution in [0.1, 0.15) is 35.9 Å². The van der Waals surface area contributed by atoms with Gasteiger partial charge in [0, 0.05) is 17.4 Å². The molecular weight excluding hydrogens is 328 g/mol. The van der Waals surface area contributed by atoms with Gasteiger partial charge in [0.15, 0.2) is 0 Å². The quantitative estimate of drug-likeness (QED) is 0.648. The summed E-state index contributed by atoms with van der Waals surface area (Å²) in [4.78, 5) is 21.5. The zero-order chi connectivity index (χ0) is 18.1. The molecule has 134 valence electrons. The van der Waals surface area contributed by atoms with E-state index in [-0.39, 0.29) is 5.56 Å². The maximum Gasteiger partial charge on any atom is 0.335 e. The van der Waals surface area contributed by atoms with Gasteiger partial charge in [0.25, 0.3) is 0 Å². The third kappa shape index (κ3) is 3.41. The van der Waals surface area contributed by atoms with Crippen molar-refractivity contribution in [2.45, 2.75) is 32.4 Å². The van der Waals surface area contributed by atoms with Crippen molar-refractivity contribution in [2.75, 3.05) is 11.9 Å². The molecule has 0 amide bonds. The van der Waals surface area contributed by atoms with Crippen LogP contribution >= 0.6 is 0 Å². The van der Waals surface area contributed by atoms with Gasteiger partial charge in [-0.15, -0.1) is 0 Å². The van der Waals surface area contributed by atoms with Crippen molar-refractivity contribution in [1.82, 2.24) is 14.9 Å². The summed E-state index contributed by atoms with van der Waals surface area (Å²) in [6, 6.07) is 13.3. The minimum atomic E-state index is -0.921. The second-order valence-corrected chi connectivity index (χ2v) is 6.88. The van der Waals surface area contributed by atoms with E-state index in [9.17, 15) is 4.79 Å². The van der Waals surface area contributed by atoms with Crippen molar-refractivity contribution >= 4 is 28.4 Å². The maximum absolute atomic E-state index is 10.9. The molecular formula is C20H22N4O2. The first kappa shape index (κ1) is 16.6. The van der Waals surface area contributed by atoms with Gasteiger partial charge in [-0.3, -0.25) is 4.90 Å². The smallest absolute Gasteiger partial charge is 0.335 e. The molecule has 1 aliphatic heterocycles. The molecule has 1 aliphatic rings. The zero-order valence-corrected chi connectivity index (χ0v) is 14.7. The summed E-state index contributed by atoms with van der Waals surface area (Å²) < 4.78 is 0. The minimum Gasteiger partial charge on any atom is -0.478 e. The van der Waals surface area contributed by atoms with Crippen LogP contribution < -0.4 is 5.32 Å². The molecule has 3 aromatic rings. The Hall–Kier alpha value is -2.86. The number of carboxylic acids is 1. The van der Waals surface area contributed by atoms with Crippen LogP contribution in [0.15, 0.2) is 42.5 Å². The summed E-state index contributed by atoms with van der Waals surface area (Å²) in [5, 5.41) is 12.3. The number of aromatic amines is 1. The highest BCUT2D eigenvalue weighted by Gasteiger charge is 2.21. The normalized spacial score (nSPS) is 17.7. The number of H-pyrrole nitrogens is 1. The van der Waals surface area contributed by atoms with E-state index >= 15 is 0 Å². The number of fused-ring (bicyclic) bond motifs is 1. The fraction of sp³-hybridized carbons (Fsp3) is 0.300. The van der Waals surface area contributed by atoms with Gasteiger partial charge in [0.2, 0.25) is 0 Å². The lowest BCUT2D eigenvalue weighted by atomic mass is 10.2. The highest BCUT2D eigenvalue weighted by molar-refractivity contribution is 5.88. The summed E-state index contributed by atoms with van der Waals surface area (Å²) in [7, 11) is 0. The van der Waals surface area contributed by atoms with Crippen molar-refractivity contribution in [1.29, 1.82) is 0 Å². The summed E-state index contributed by atoms with van der Waals surface area (Å²) in [6.45, 7) is 4.26. The maximum atomic E-state index is 10.9. The van der Waals surface area contributed by atoms with E-state index in [0.29, 0.717) is 6.04 Å². The molecule has 2 aromatic carbocycles. The van der Waals surface area contributed by atoms with Gasteiger partial charge < -0.3 is 15.4 Å². The highest BCUT2D eigenvalue weighted by Crippen LogP contribution is 2.23. The van der Waals surface area contributed by atoms with Gasteiger partial charge in [0.05, 0.1) is 23.1 Å². The van der Waals surface area contributed by atoms with Crippen LogP contribution in [0.3, 0.4) is 0 Å². The number of hydrogen-bond acceptors (Lipinski definition) is 4. The monoisotopic (exact) mass is 350 g/mol. The Morgan fingerprint density at radius 3 is 2.73 bits per heavy atom. The number of benzene rings is 2. The molecule has 1 unspecified atom stereocenters. The Morgan fingerprint density at radius 1 is 1.27 bits per heavy atom. The third-order valence-corrected chi connectivity index (χ3v) is 4.99. The van der Waals surface area contributed by atoms with Crippen molar-refractivity contribution in [2.24, 2.45) is 0 Å². The van der Waals surface area contributed by atoms with Crippen molar-refractivity contribution in [3.05, 3.63) is 53.9 Å². The molecule has 6 heteroatoms. The third-order valence-electron chi connectivity index (χ3n) is 4.99. The molecule has 3 N–H and O–H groups in total. The molecule has 1 fully saturated rings. The predicted octanol–water partition coefficient (Wildman–Crippen LogP) is 3.99. The van der Waals surface area contributed by atoms with E-state index in [1.54, 1.807) is 24.3 Å². The number of likely N-dealkylation sites (tertiary alicyclic amines) is 1. The van der Waals surface area contributed by atoms with Crippen LogP contribution in [0.2, 0.25) is 0 Å². The first-order valence-electron chi connectivity index (χ1n) is 8.91. The second kappa shape index (κ2) is 6.80. The van der Waals surface area contributed by atoms with E-state index in [1.165, 1.54) is 12.8 Å². The molecule has 0 radical (unpaired) electrons. The number of carbonyl (C=O) groups is 1. The molecule has 0 saturated carbocycles. The average molecular weight is 350 g/mol. The Balaban J connectivity index is 1.50. The van der Waals surface area contributed by atoms with Gasteiger partial charge in [-0.2, -0.15) is 0 Å². The highest BCUT2D eigenvalue weighted by atomic mass is 16.4. The topological polar surface area (TPSA) is 81.2 Å². The number of imidazole rings is 1. The van der Waals surface area contributed by atoms with E-state index in [0.717, 1.165) is 41.3 Å². The van der Waals surface area contributed by atoms with Gasteiger partial charge in [-0.05, 0) is 68.8 Å². The van der Waals surface area contributed by atoms with Crippen molar-refractivity contribution in [3.63, 3.8) is 0 Å². The number of anilines is 2. The van der Waals surface area contributed by atoms with E-state index in [4.69, 9.17) is 10.1 Å². The summed E-state index contributed by atoms with van der Waals surface area (Å²) in [5.74, 6) is 0.0759. The molecule has 1 saturated heterocycles. The first-order chi connectivity index (χ1) is 12.6. The van der Waals surface area contributed by atoms with E-state index < -0.39 is 5.97 Å². The van der Waals surface area contributed by atoms with Gasteiger partial charge in [-0.1, -0.05) is 0 Å². The standard InChI is InChI=1S/C20H22N4O2/c1-13-3-2-10-24(13)12-19-22-17-9-8-16(11-18(17)23-19)21-15-6-4-14(5-7-15)20(25)26/h4-9,11,13,21H,2-3,10,12H2,1H3,(H,22,23)(H,25,26). The minimum absolute atomic E-state index is 0.278. The Morgan fingerprint density at radius 2 is 2.04 bits per heavy atom. The molecule has 0 spiro atoms. The fourth-order valence-corrected chi connectivity index (χ4v) is 3.50. The summed E-state index contributed by atoms with van der Waals surface area (Å²) in [6.07, 6.45) is 2.52. The number of nitrogens with one attached hydrogen (secondary N) is 2. The molecule has 1 atom stereocenters. The molecule has 0 aliphatic carbocycles. The Labute approximate surface area is 151 Å². The Bertz CT molecular complexity index is 933. The number of nitrogens with zero attached hydrogens (tertiary/aromatic N) is 2. The van der Waals surface area contributed by atoms with Crippen LogP contribution in [-0.2, 0) is 6.54 Å². The van der Waals surface area contributed by atoms with Gasteiger partial charge in [-0.25, -0.2) is 9.78 Å². The van der Waals surface area contributed by atoms with E-state index in [1.807, 2.05) is 18.2 Å². The van der Waals surface area contributed by atoms with Crippen molar-refractivity contribution < 1.29 is 9.90 Å². The molecule has 4 rings (SSSR count). The predicted molar refractivity (Wildman–Crippen MR) is 102 cm³/mol. The van der Waals surface area contributed by atoms with E-state index in [2.05, 4.69) is 22.1 Å². The Kier molecular flexibility index (Phi) is 4.34. The number of hydrogen-bond donors (Lipinski definition) is 3. The number of carboxylic acid groups (broad SMARTS) is 1. The fourth-order valence-electron chi connectivity index (χ4n) is 3.50. The molecule has 1 aromatic heterocycles. The van der Waals surface area contributed by atoms with Crippen LogP contribution in [-0.4, -0.2) is 38.5 Å². The van der Waals surface area contributed by atoms with Crippen LogP contribution in [0.25, 0.3) is 11.0 Å². The van der Waals surface area contributed by atoms with Gasteiger partial charge in [0.1, 0.15) is 5.82 Å². The molecule has 2 heterocycles. The van der Waals surface area contributed by atoms with Crippen molar-refractivity contribution in [3.8, 4) is 0 Å². The number of aromatic nitrogens is 2. The number of rotatable bonds is 5.